The summed E-state index contributed by atoms with van der Waals surface area (Å²) in [4.78, 5) is 0. The summed E-state index contributed by atoms with van der Waals surface area (Å²) in [7, 11) is 0. The fraction of sp³-hybridized carbons (Fsp3) is 0.333. The first-order chi connectivity index (χ1) is 11.7. The van der Waals surface area contributed by atoms with Crippen LogP contribution in [0.1, 0.15) is 24.0 Å². The molecule has 0 spiro atoms. The lowest BCUT2D eigenvalue weighted by molar-refractivity contribution is 0.0145. The van der Waals surface area contributed by atoms with Crippen molar-refractivity contribution in [2.45, 2.75) is 18.4 Å². The highest BCUT2D eigenvalue weighted by Crippen LogP contribution is 2.48. The molecule has 3 rings (SSSR count). The van der Waals surface area contributed by atoms with E-state index in [1.807, 2.05) is 36.4 Å². The second kappa shape index (κ2) is 7.64. The Morgan fingerprint density at radius 2 is 1.71 bits per heavy atom. The summed E-state index contributed by atoms with van der Waals surface area (Å²) in [6.07, 6.45) is 5.89. The van der Waals surface area contributed by atoms with E-state index in [9.17, 15) is 5.11 Å². The second-order valence-electron chi connectivity index (χ2n) is 6.63. The molecule has 2 aromatic rings. The average Bonchev–Trinajstić information content (AvgIpc) is 3.04. The number of ether oxygens (including phenoxy) is 1. The number of allylic oxidation sites excluding steroid dienone is 1. The summed E-state index contributed by atoms with van der Waals surface area (Å²) >= 11 is 3.63. The van der Waals surface area contributed by atoms with E-state index >= 15 is 0 Å². The Morgan fingerprint density at radius 1 is 1.04 bits per heavy atom. The molecule has 1 N–H and O–H groups in total. The van der Waals surface area contributed by atoms with Gasteiger partial charge in [-0.15, -0.1) is 0 Å². The van der Waals surface area contributed by atoms with Crippen LogP contribution in [0.3, 0.4) is 0 Å². The number of hydrogen-bond acceptors (Lipinski definition) is 2. The summed E-state index contributed by atoms with van der Waals surface area (Å²) < 4.78 is 6.24. The molecule has 3 heteroatoms. The second-order valence-corrected chi connectivity index (χ2v) is 7.20. The van der Waals surface area contributed by atoms with Gasteiger partial charge in [0.25, 0.3) is 0 Å². The van der Waals surface area contributed by atoms with E-state index in [0.29, 0.717) is 6.61 Å². The normalized spacial score (nSPS) is 26.9. The summed E-state index contributed by atoms with van der Waals surface area (Å²) in [6.45, 7) is 0.705. The number of hydrogen-bond donors (Lipinski definition) is 1. The van der Waals surface area contributed by atoms with Crippen LogP contribution in [0.15, 0.2) is 66.7 Å². The van der Waals surface area contributed by atoms with E-state index in [2.05, 4.69) is 52.3 Å². The number of aliphatic hydroxyl groups excluding tert-OH is 1. The molecule has 0 aromatic heterocycles. The van der Waals surface area contributed by atoms with Gasteiger partial charge in [-0.2, -0.15) is 0 Å². The van der Waals surface area contributed by atoms with Crippen LogP contribution in [0.25, 0.3) is 6.08 Å². The van der Waals surface area contributed by atoms with Crippen molar-refractivity contribution in [2.75, 3.05) is 18.5 Å². The Bertz CT molecular complexity index is 671. The van der Waals surface area contributed by atoms with Crippen LogP contribution in [0.5, 0.6) is 0 Å². The van der Waals surface area contributed by atoms with Crippen molar-refractivity contribution in [3.05, 3.63) is 77.9 Å². The van der Waals surface area contributed by atoms with Crippen molar-refractivity contribution in [2.24, 2.45) is 5.41 Å². The van der Waals surface area contributed by atoms with Crippen LogP contribution in [-0.4, -0.2) is 23.7 Å². The van der Waals surface area contributed by atoms with Crippen molar-refractivity contribution < 1.29 is 9.84 Å². The van der Waals surface area contributed by atoms with Crippen molar-refractivity contribution in [1.82, 2.24) is 0 Å². The van der Waals surface area contributed by atoms with Gasteiger partial charge in [0.05, 0.1) is 13.2 Å². The minimum atomic E-state index is -0.357. The molecule has 1 aliphatic heterocycles. The molecular formula is C21H23BrO2. The molecule has 0 saturated carbocycles. The largest absolute Gasteiger partial charge is 0.396 e. The summed E-state index contributed by atoms with van der Waals surface area (Å²) in [5, 5.41) is 10.8. The molecule has 126 valence electrons. The zero-order valence-corrected chi connectivity index (χ0v) is 15.3. The van der Waals surface area contributed by atoms with Gasteiger partial charge >= 0.3 is 0 Å². The molecule has 0 aliphatic carbocycles. The SMILES string of the molecule is OC[C@]1(C/C=C/c2ccccc2)CO[C@@](CBr)(c2ccccc2)C1. The van der Waals surface area contributed by atoms with Crippen molar-refractivity contribution >= 4 is 22.0 Å². The maximum absolute atomic E-state index is 10.1. The Hall–Kier alpha value is -1.42. The monoisotopic (exact) mass is 386 g/mol. The van der Waals surface area contributed by atoms with Crippen LogP contribution >= 0.6 is 15.9 Å². The molecule has 2 aromatic carbocycles. The Kier molecular flexibility index (Phi) is 5.54. The number of halogens is 1. The van der Waals surface area contributed by atoms with Crippen LogP contribution in [0.2, 0.25) is 0 Å². The third kappa shape index (κ3) is 3.64. The van der Waals surface area contributed by atoms with Gasteiger partial charge in [0.15, 0.2) is 0 Å². The minimum absolute atomic E-state index is 0.133. The minimum Gasteiger partial charge on any atom is -0.396 e. The van der Waals surface area contributed by atoms with Crippen LogP contribution in [-0.2, 0) is 10.3 Å². The van der Waals surface area contributed by atoms with E-state index in [4.69, 9.17) is 4.74 Å². The van der Waals surface area contributed by atoms with Crippen LogP contribution < -0.4 is 0 Å². The lowest BCUT2D eigenvalue weighted by atomic mass is 9.77. The molecule has 1 fully saturated rings. The molecule has 2 nitrogen and oxygen atoms in total. The van der Waals surface area contributed by atoms with Crippen LogP contribution in [0, 0.1) is 5.41 Å². The van der Waals surface area contributed by atoms with Gasteiger partial charge in [0.2, 0.25) is 0 Å². The predicted molar refractivity (Wildman–Crippen MR) is 102 cm³/mol. The average molecular weight is 387 g/mol. The zero-order chi connectivity index (χ0) is 16.9. The Labute approximate surface area is 152 Å². The van der Waals surface area contributed by atoms with E-state index in [-0.39, 0.29) is 17.6 Å². The van der Waals surface area contributed by atoms with Gasteiger partial charge < -0.3 is 9.84 Å². The number of aliphatic hydroxyl groups is 1. The summed E-state index contributed by atoms with van der Waals surface area (Å²) in [6, 6.07) is 20.6. The van der Waals surface area contributed by atoms with E-state index < -0.39 is 0 Å². The van der Waals surface area contributed by atoms with Gasteiger partial charge in [0.1, 0.15) is 5.60 Å². The first kappa shape index (κ1) is 17.4. The molecule has 1 aliphatic rings. The van der Waals surface area contributed by atoms with Gasteiger partial charge in [-0.05, 0) is 24.0 Å². The Morgan fingerprint density at radius 3 is 2.33 bits per heavy atom. The van der Waals surface area contributed by atoms with Crippen molar-refractivity contribution in [3.63, 3.8) is 0 Å². The fourth-order valence-electron chi connectivity index (χ4n) is 3.40. The third-order valence-electron chi connectivity index (χ3n) is 4.83. The van der Waals surface area contributed by atoms with E-state index in [0.717, 1.165) is 18.2 Å². The lowest BCUT2D eigenvalue weighted by Gasteiger charge is -2.29. The maximum atomic E-state index is 10.1. The van der Waals surface area contributed by atoms with Crippen molar-refractivity contribution in [3.8, 4) is 0 Å². The third-order valence-corrected chi connectivity index (χ3v) is 5.73. The molecule has 24 heavy (non-hydrogen) atoms. The lowest BCUT2D eigenvalue weighted by Crippen LogP contribution is -2.30. The standard InChI is InChI=1S/C21H23BrO2/c22-15-21(19-11-5-2-6-12-19)14-20(16-23,17-24-21)13-7-10-18-8-3-1-4-9-18/h1-12,23H,13-17H2/b10-7+/t20-,21+/m1/s1. The maximum Gasteiger partial charge on any atom is 0.103 e. The van der Waals surface area contributed by atoms with E-state index in [1.165, 1.54) is 11.1 Å². The molecule has 0 radical (unpaired) electrons. The summed E-state index contributed by atoms with van der Waals surface area (Å²) in [5.41, 5.74) is 1.77. The molecular weight excluding hydrogens is 364 g/mol. The van der Waals surface area contributed by atoms with Gasteiger partial charge in [-0.25, -0.2) is 0 Å². The van der Waals surface area contributed by atoms with Crippen molar-refractivity contribution in [1.29, 1.82) is 0 Å². The van der Waals surface area contributed by atoms with E-state index in [1.54, 1.807) is 0 Å². The van der Waals surface area contributed by atoms with Gasteiger partial charge in [-0.3, -0.25) is 0 Å². The van der Waals surface area contributed by atoms with Gasteiger partial charge in [0, 0.05) is 10.7 Å². The molecule has 0 unspecified atom stereocenters. The molecule has 2 atom stereocenters. The number of rotatable bonds is 6. The fourth-order valence-corrected chi connectivity index (χ4v) is 4.08. The predicted octanol–water partition coefficient (Wildman–Crippen LogP) is 4.78. The molecule has 1 heterocycles. The first-order valence-electron chi connectivity index (χ1n) is 8.30. The highest BCUT2D eigenvalue weighted by atomic mass is 79.9. The number of alkyl halides is 1. The Balaban J connectivity index is 1.76. The smallest absolute Gasteiger partial charge is 0.103 e. The summed E-state index contributed by atoms with van der Waals surface area (Å²) in [5.74, 6) is 0. The van der Waals surface area contributed by atoms with Gasteiger partial charge in [-0.1, -0.05) is 88.7 Å². The quantitative estimate of drug-likeness (QED) is 0.723. The topological polar surface area (TPSA) is 29.5 Å². The zero-order valence-electron chi connectivity index (χ0n) is 13.7. The van der Waals surface area contributed by atoms with Crippen LogP contribution in [0.4, 0.5) is 0 Å². The molecule has 0 bridgehead atoms. The highest BCUT2D eigenvalue weighted by molar-refractivity contribution is 9.09. The highest BCUT2D eigenvalue weighted by Gasteiger charge is 2.49. The molecule has 1 saturated heterocycles. The number of benzene rings is 2. The first-order valence-corrected chi connectivity index (χ1v) is 9.42. The molecule has 0 amide bonds.